The molecule has 5 heteroatoms. The van der Waals surface area contributed by atoms with E-state index >= 15 is 0 Å². The van der Waals surface area contributed by atoms with E-state index in [0.717, 1.165) is 0 Å². The first-order valence-corrected chi connectivity index (χ1v) is 5.81. The summed E-state index contributed by atoms with van der Waals surface area (Å²) in [6, 6.07) is 0. The van der Waals surface area contributed by atoms with Gasteiger partial charge in [-0.3, -0.25) is 4.79 Å². The van der Waals surface area contributed by atoms with Crippen LogP contribution in [0, 0.1) is 0 Å². The Labute approximate surface area is 102 Å². The lowest BCUT2D eigenvalue weighted by Crippen LogP contribution is -2.28. The summed E-state index contributed by atoms with van der Waals surface area (Å²) in [5.41, 5.74) is 1.11. The number of nitrogens with zero attached hydrogens (tertiary/aromatic N) is 3. The third-order valence-electron chi connectivity index (χ3n) is 2.62. The molecule has 1 heterocycles. The molecule has 0 radical (unpaired) electrons. The predicted molar refractivity (Wildman–Crippen MR) is 68.3 cm³/mol. The zero-order valence-electron chi connectivity index (χ0n) is 11.1. The van der Waals surface area contributed by atoms with Gasteiger partial charge >= 0.3 is 0 Å². The van der Waals surface area contributed by atoms with Gasteiger partial charge < -0.3 is 10.2 Å². The van der Waals surface area contributed by atoms with E-state index in [4.69, 9.17) is 0 Å². The van der Waals surface area contributed by atoms with Crippen molar-refractivity contribution in [2.24, 2.45) is 0 Å². The number of carbonyl (C=O) groups is 1. The second-order valence-corrected chi connectivity index (χ2v) is 4.21. The SMILES string of the molecule is CCN(C)C(=O)c1nc(C(C)C)ncc1NC. The molecule has 1 N–H and O–H groups in total. The molecule has 5 nitrogen and oxygen atoms in total. The molecule has 94 valence electrons. The summed E-state index contributed by atoms with van der Waals surface area (Å²) >= 11 is 0. The maximum Gasteiger partial charge on any atom is 0.274 e. The fraction of sp³-hybridized carbons (Fsp3) is 0.583. The van der Waals surface area contributed by atoms with Crippen LogP contribution >= 0.6 is 0 Å². The Kier molecular flexibility index (Phi) is 4.43. The van der Waals surface area contributed by atoms with Crippen molar-refractivity contribution in [1.29, 1.82) is 0 Å². The summed E-state index contributed by atoms with van der Waals surface area (Å²) in [4.78, 5) is 22.3. The molecule has 17 heavy (non-hydrogen) atoms. The summed E-state index contributed by atoms with van der Waals surface area (Å²) in [6.07, 6.45) is 1.67. The van der Waals surface area contributed by atoms with Gasteiger partial charge in [-0.25, -0.2) is 9.97 Å². The summed E-state index contributed by atoms with van der Waals surface area (Å²) in [7, 11) is 3.52. The zero-order chi connectivity index (χ0) is 13.0. The highest BCUT2D eigenvalue weighted by Gasteiger charge is 2.18. The second-order valence-electron chi connectivity index (χ2n) is 4.21. The Bertz CT molecular complexity index is 403. The van der Waals surface area contributed by atoms with E-state index < -0.39 is 0 Å². The Morgan fingerprint density at radius 1 is 1.53 bits per heavy atom. The minimum absolute atomic E-state index is 0.0823. The standard InChI is InChI=1S/C12H20N4O/c1-6-16(5)12(17)10-9(13-4)7-14-11(15-10)8(2)3/h7-8,13H,6H2,1-5H3. The Morgan fingerprint density at radius 3 is 2.65 bits per heavy atom. The molecule has 0 aromatic carbocycles. The van der Waals surface area contributed by atoms with Gasteiger partial charge in [0.25, 0.3) is 5.91 Å². The first-order valence-electron chi connectivity index (χ1n) is 5.81. The highest BCUT2D eigenvalue weighted by Crippen LogP contribution is 2.17. The van der Waals surface area contributed by atoms with Crippen LogP contribution in [0.4, 0.5) is 5.69 Å². The number of nitrogens with one attached hydrogen (secondary N) is 1. The van der Waals surface area contributed by atoms with Crippen molar-refractivity contribution in [2.75, 3.05) is 26.0 Å². The molecule has 1 aromatic rings. The van der Waals surface area contributed by atoms with Gasteiger partial charge in [0.2, 0.25) is 0 Å². The summed E-state index contributed by atoms with van der Waals surface area (Å²) in [5.74, 6) is 0.817. The normalized spacial score (nSPS) is 10.5. The minimum Gasteiger partial charge on any atom is -0.385 e. The number of amides is 1. The number of rotatable bonds is 4. The van der Waals surface area contributed by atoms with E-state index in [1.54, 1.807) is 25.2 Å². The molecule has 0 aliphatic carbocycles. The van der Waals surface area contributed by atoms with Crippen LogP contribution in [-0.2, 0) is 0 Å². The third-order valence-corrected chi connectivity index (χ3v) is 2.62. The van der Waals surface area contributed by atoms with E-state index in [0.29, 0.717) is 23.8 Å². The van der Waals surface area contributed by atoms with Gasteiger partial charge in [-0.2, -0.15) is 0 Å². The van der Waals surface area contributed by atoms with Crippen molar-refractivity contribution >= 4 is 11.6 Å². The molecule has 0 unspecified atom stereocenters. The number of hydrogen-bond acceptors (Lipinski definition) is 4. The van der Waals surface area contributed by atoms with Gasteiger partial charge in [-0.15, -0.1) is 0 Å². The Morgan fingerprint density at radius 2 is 2.18 bits per heavy atom. The van der Waals surface area contributed by atoms with Gasteiger partial charge in [-0.05, 0) is 6.92 Å². The lowest BCUT2D eigenvalue weighted by atomic mass is 10.2. The van der Waals surface area contributed by atoms with E-state index in [2.05, 4.69) is 15.3 Å². The Hall–Kier alpha value is -1.65. The maximum absolute atomic E-state index is 12.1. The van der Waals surface area contributed by atoms with Gasteiger partial charge in [0, 0.05) is 26.6 Å². The van der Waals surface area contributed by atoms with E-state index in [-0.39, 0.29) is 11.8 Å². The molecular weight excluding hydrogens is 216 g/mol. The highest BCUT2D eigenvalue weighted by atomic mass is 16.2. The van der Waals surface area contributed by atoms with Crippen molar-refractivity contribution in [3.63, 3.8) is 0 Å². The maximum atomic E-state index is 12.1. The number of hydrogen-bond donors (Lipinski definition) is 1. The predicted octanol–water partition coefficient (Wildman–Crippen LogP) is 1.73. The molecule has 1 aromatic heterocycles. The number of anilines is 1. The van der Waals surface area contributed by atoms with Crippen LogP contribution in [0.15, 0.2) is 6.20 Å². The lowest BCUT2D eigenvalue weighted by molar-refractivity contribution is 0.0797. The first kappa shape index (κ1) is 13.4. The molecule has 0 saturated carbocycles. The lowest BCUT2D eigenvalue weighted by Gasteiger charge is -2.17. The summed E-state index contributed by atoms with van der Waals surface area (Å²) in [6.45, 7) is 6.60. The first-order chi connectivity index (χ1) is 8.01. The van der Waals surface area contributed by atoms with Crippen molar-refractivity contribution in [3.05, 3.63) is 17.7 Å². The smallest absolute Gasteiger partial charge is 0.274 e. The minimum atomic E-state index is -0.0823. The van der Waals surface area contributed by atoms with Crippen LogP contribution in [0.5, 0.6) is 0 Å². The molecule has 1 amide bonds. The van der Waals surface area contributed by atoms with Gasteiger partial charge in [0.1, 0.15) is 5.82 Å². The summed E-state index contributed by atoms with van der Waals surface area (Å²) in [5, 5.41) is 2.95. The van der Waals surface area contributed by atoms with E-state index in [1.807, 2.05) is 20.8 Å². The fourth-order valence-electron chi connectivity index (χ4n) is 1.34. The van der Waals surface area contributed by atoms with Crippen LogP contribution in [0.25, 0.3) is 0 Å². The third kappa shape index (κ3) is 2.93. The monoisotopic (exact) mass is 236 g/mol. The van der Waals surface area contributed by atoms with Crippen LogP contribution in [0.2, 0.25) is 0 Å². The molecule has 1 rings (SSSR count). The largest absolute Gasteiger partial charge is 0.385 e. The van der Waals surface area contributed by atoms with Crippen LogP contribution in [0.1, 0.15) is 43.0 Å². The Balaban J connectivity index is 3.18. The molecule has 0 aliphatic heterocycles. The van der Waals surface area contributed by atoms with Crippen LogP contribution in [0.3, 0.4) is 0 Å². The van der Waals surface area contributed by atoms with E-state index in [1.165, 1.54) is 0 Å². The average Bonchev–Trinajstić information content (AvgIpc) is 2.35. The molecule has 0 bridgehead atoms. The van der Waals surface area contributed by atoms with Crippen LogP contribution < -0.4 is 5.32 Å². The summed E-state index contributed by atoms with van der Waals surface area (Å²) < 4.78 is 0. The van der Waals surface area contributed by atoms with Gasteiger partial charge in [0.15, 0.2) is 5.69 Å². The molecule has 0 fully saturated rings. The average molecular weight is 236 g/mol. The second kappa shape index (κ2) is 5.61. The van der Waals surface area contributed by atoms with Crippen molar-refractivity contribution in [2.45, 2.75) is 26.7 Å². The zero-order valence-corrected chi connectivity index (χ0v) is 11.1. The quantitative estimate of drug-likeness (QED) is 0.865. The highest BCUT2D eigenvalue weighted by molar-refractivity contribution is 5.97. The molecule has 0 aliphatic rings. The molecule has 0 saturated heterocycles. The molecule has 0 atom stereocenters. The van der Waals surface area contributed by atoms with Gasteiger partial charge in [-0.1, -0.05) is 13.8 Å². The fourth-order valence-corrected chi connectivity index (χ4v) is 1.34. The van der Waals surface area contributed by atoms with Crippen molar-refractivity contribution in [3.8, 4) is 0 Å². The molecule has 0 spiro atoms. The van der Waals surface area contributed by atoms with E-state index in [9.17, 15) is 4.79 Å². The number of aromatic nitrogens is 2. The van der Waals surface area contributed by atoms with Crippen molar-refractivity contribution < 1.29 is 4.79 Å². The number of carbonyl (C=O) groups excluding carboxylic acids is 1. The molecular formula is C12H20N4O. The van der Waals surface area contributed by atoms with Crippen LogP contribution in [-0.4, -0.2) is 41.4 Å². The van der Waals surface area contributed by atoms with Gasteiger partial charge in [0.05, 0.1) is 11.9 Å². The van der Waals surface area contributed by atoms with Crippen molar-refractivity contribution in [1.82, 2.24) is 14.9 Å². The topological polar surface area (TPSA) is 58.1 Å².